The minimum absolute atomic E-state index is 0.0240. The van der Waals surface area contributed by atoms with Gasteiger partial charge in [-0.3, -0.25) is 13.9 Å². The number of rotatable bonds is 9. The minimum atomic E-state index is -3.51. The third kappa shape index (κ3) is 8.29. The summed E-state index contributed by atoms with van der Waals surface area (Å²) in [6.07, 6.45) is 5.33. The number of hydrogen-bond acceptors (Lipinski definition) is 6. The molecule has 1 aromatic heterocycles. The van der Waals surface area contributed by atoms with E-state index >= 15 is 0 Å². The molecular formula is C35H50N4O6S. The van der Waals surface area contributed by atoms with E-state index in [1.165, 1.54) is 10.7 Å². The van der Waals surface area contributed by atoms with Gasteiger partial charge in [0.15, 0.2) is 0 Å². The average molecular weight is 655 g/mol. The monoisotopic (exact) mass is 654 g/mol. The fourth-order valence-electron chi connectivity index (χ4n) is 7.67. The highest BCUT2D eigenvalue weighted by Crippen LogP contribution is 2.45. The molecule has 2 aliphatic rings. The van der Waals surface area contributed by atoms with Gasteiger partial charge in [0.1, 0.15) is 0 Å². The number of sulfonamides is 1. The van der Waals surface area contributed by atoms with Gasteiger partial charge in [-0.15, -0.1) is 0 Å². The molecule has 252 valence electrons. The molecule has 1 aliphatic heterocycles. The number of nitrogens with one attached hydrogen (secondary N) is 2. The first kappa shape index (κ1) is 35.4. The van der Waals surface area contributed by atoms with Crippen LogP contribution in [0, 0.1) is 10.8 Å². The summed E-state index contributed by atoms with van der Waals surface area (Å²) >= 11 is 0. The van der Waals surface area contributed by atoms with Gasteiger partial charge in [-0.05, 0) is 73.1 Å². The highest BCUT2D eigenvalue weighted by molar-refractivity contribution is 7.92. The maximum absolute atomic E-state index is 13.9. The Bertz CT molecular complexity index is 1620. The number of nitrogens with zero attached hydrogens (tertiary/aromatic N) is 2. The van der Waals surface area contributed by atoms with E-state index in [-0.39, 0.29) is 35.0 Å². The molecule has 11 heteroatoms. The van der Waals surface area contributed by atoms with Crippen molar-refractivity contribution in [2.24, 2.45) is 10.8 Å². The van der Waals surface area contributed by atoms with Gasteiger partial charge < -0.3 is 25.4 Å². The summed E-state index contributed by atoms with van der Waals surface area (Å²) in [6, 6.07) is 13.1. The third-order valence-electron chi connectivity index (χ3n) is 9.28. The molecule has 2 heterocycles. The summed E-state index contributed by atoms with van der Waals surface area (Å²) in [5, 5.41) is 26.0. The molecule has 10 nitrogen and oxygen atoms in total. The van der Waals surface area contributed by atoms with Crippen LogP contribution in [-0.4, -0.2) is 73.1 Å². The van der Waals surface area contributed by atoms with Crippen molar-refractivity contribution in [3.05, 3.63) is 65.4 Å². The lowest BCUT2D eigenvalue weighted by molar-refractivity contribution is -0.122. The van der Waals surface area contributed by atoms with Crippen molar-refractivity contribution < 1.29 is 28.2 Å². The second kappa shape index (κ2) is 14.1. The maximum Gasteiger partial charge on any atom is 0.290 e. The summed E-state index contributed by atoms with van der Waals surface area (Å²) in [7, 11) is -1.95. The molecule has 0 unspecified atom stereocenters. The number of aliphatic hydroxyl groups excluding tert-OH is 1. The van der Waals surface area contributed by atoms with Gasteiger partial charge in [0.2, 0.25) is 10.0 Å². The molecule has 0 radical (unpaired) electrons. The lowest BCUT2D eigenvalue weighted by Gasteiger charge is -2.45. The molecular weight excluding hydrogens is 604 g/mol. The van der Waals surface area contributed by atoms with Crippen LogP contribution in [0.2, 0.25) is 0 Å². The van der Waals surface area contributed by atoms with Gasteiger partial charge in [0.25, 0.3) is 12.4 Å². The van der Waals surface area contributed by atoms with E-state index in [0.29, 0.717) is 37.2 Å². The summed E-state index contributed by atoms with van der Waals surface area (Å²) in [4.78, 5) is 22.3. The Kier molecular flexibility index (Phi) is 10.9. The van der Waals surface area contributed by atoms with Crippen molar-refractivity contribution in [1.82, 2.24) is 15.2 Å². The van der Waals surface area contributed by atoms with Crippen molar-refractivity contribution in [2.75, 3.05) is 23.7 Å². The lowest BCUT2D eigenvalue weighted by atomic mass is 9.63. The van der Waals surface area contributed by atoms with Gasteiger partial charge in [-0.1, -0.05) is 58.0 Å². The van der Waals surface area contributed by atoms with Crippen LogP contribution < -0.4 is 14.9 Å². The second-order valence-electron chi connectivity index (χ2n) is 14.3. The van der Waals surface area contributed by atoms with Crippen molar-refractivity contribution >= 4 is 39.0 Å². The van der Waals surface area contributed by atoms with E-state index < -0.39 is 22.2 Å². The van der Waals surface area contributed by atoms with E-state index in [2.05, 4.69) is 42.9 Å². The highest BCUT2D eigenvalue weighted by Gasteiger charge is 2.38. The van der Waals surface area contributed by atoms with Gasteiger partial charge >= 0.3 is 0 Å². The molecule has 1 aliphatic carbocycles. The fourth-order valence-corrected chi connectivity index (χ4v) is 8.86. The van der Waals surface area contributed by atoms with Crippen molar-refractivity contribution in [3.8, 4) is 0 Å². The van der Waals surface area contributed by atoms with Crippen molar-refractivity contribution in [2.45, 2.75) is 91.5 Å². The smallest absolute Gasteiger partial charge is 0.290 e. The van der Waals surface area contributed by atoms with Crippen LogP contribution in [0.4, 0.5) is 5.69 Å². The van der Waals surface area contributed by atoms with Gasteiger partial charge in [0, 0.05) is 43.3 Å². The van der Waals surface area contributed by atoms with E-state index in [1.54, 1.807) is 13.1 Å². The highest BCUT2D eigenvalue weighted by atomic mass is 32.2. The zero-order valence-corrected chi connectivity index (χ0v) is 28.7. The molecule has 0 bridgehead atoms. The number of anilines is 1. The Balaban J connectivity index is 0.00000154. The number of hydrogen-bond donors (Lipinski definition) is 4. The summed E-state index contributed by atoms with van der Waals surface area (Å²) in [6.45, 7) is 12.1. The van der Waals surface area contributed by atoms with E-state index in [1.807, 2.05) is 49.5 Å². The molecule has 4 N–H and O–H groups in total. The second-order valence-corrected chi connectivity index (χ2v) is 16.4. The molecule has 5 rings (SSSR count). The molecule has 0 spiro atoms. The first-order chi connectivity index (χ1) is 21.6. The fraction of sp³-hybridized carbons (Fsp3) is 0.543. The number of carbonyl (C=O) groups is 2. The number of aromatic nitrogens is 1. The SMILES string of the molecule is CCn1cc2c3c(cc(C(=O)N[C@@H](Cc4ccccc4)[C@H](O)CNC4CC(C)(C)CC(C)(C)C4)cc31)N(C)S(=O)(=O)CC2.O=CO. The van der Waals surface area contributed by atoms with E-state index in [9.17, 15) is 18.3 Å². The Morgan fingerprint density at radius 2 is 1.74 bits per heavy atom. The van der Waals surface area contributed by atoms with Crippen molar-refractivity contribution in [3.63, 3.8) is 0 Å². The van der Waals surface area contributed by atoms with Crippen LogP contribution >= 0.6 is 0 Å². The number of benzene rings is 2. The molecule has 1 saturated carbocycles. The van der Waals surface area contributed by atoms with Gasteiger partial charge in [0.05, 0.1) is 29.1 Å². The van der Waals surface area contributed by atoms with Gasteiger partial charge in [-0.25, -0.2) is 8.42 Å². The summed E-state index contributed by atoms with van der Waals surface area (Å²) in [5.41, 5.74) is 4.17. The Morgan fingerprint density at radius 1 is 1.11 bits per heavy atom. The molecule has 1 amide bonds. The first-order valence-corrected chi connectivity index (χ1v) is 17.7. The molecule has 0 saturated heterocycles. The molecule has 2 aromatic carbocycles. The number of carboxylic acid groups (broad SMARTS) is 1. The quantitative estimate of drug-likeness (QED) is 0.248. The molecule has 2 atom stereocenters. The molecule has 1 fully saturated rings. The van der Waals surface area contributed by atoms with Crippen LogP contribution in [0.25, 0.3) is 10.9 Å². The van der Waals surface area contributed by atoms with E-state index in [0.717, 1.165) is 34.9 Å². The largest absolute Gasteiger partial charge is 0.483 e. The molecule has 46 heavy (non-hydrogen) atoms. The lowest BCUT2D eigenvalue weighted by Crippen LogP contribution is -2.52. The maximum atomic E-state index is 13.9. The molecule has 3 aromatic rings. The predicted molar refractivity (Wildman–Crippen MR) is 183 cm³/mol. The first-order valence-electron chi connectivity index (χ1n) is 16.1. The van der Waals surface area contributed by atoms with Crippen LogP contribution in [0.3, 0.4) is 0 Å². The van der Waals surface area contributed by atoms with Crippen LogP contribution in [0.1, 0.15) is 75.4 Å². The Morgan fingerprint density at radius 3 is 2.35 bits per heavy atom. The van der Waals surface area contributed by atoms with Crippen LogP contribution in [0.15, 0.2) is 48.7 Å². The van der Waals surface area contributed by atoms with Crippen LogP contribution in [0.5, 0.6) is 0 Å². The zero-order valence-electron chi connectivity index (χ0n) is 27.9. The third-order valence-corrected chi connectivity index (χ3v) is 11.0. The number of aryl methyl sites for hydroxylation is 2. The Hall–Kier alpha value is -3.41. The summed E-state index contributed by atoms with van der Waals surface area (Å²) in [5.74, 6) is -0.311. The van der Waals surface area contributed by atoms with E-state index in [4.69, 9.17) is 9.90 Å². The zero-order chi connectivity index (χ0) is 33.9. The normalized spacial score (nSPS) is 19.8. The Labute approximate surface area is 273 Å². The van der Waals surface area contributed by atoms with Crippen molar-refractivity contribution in [1.29, 1.82) is 0 Å². The topological polar surface area (TPSA) is 141 Å². The minimum Gasteiger partial charge on any atom is -0.483 e. The van der Waals surface area contributed by atoms with Gasteiger partial charge in [-0.2, -0.15) is 0 Å². The standard InChI is InChI=1S/C34H48N4O4S.CH2O2/c1-7-38-21-24-13-14-43(41,42)37(6)28-16-25(17-29(38)31(24)28)32(40)36-27(15-23-11-9-8-10-12-23)30(39)20-35-26-18-33(2,3)22-34(4,5)19-26;2-1-3/h8-12,16-17,21,26-27,30,35,39H,7,13-15,18-20,22H2,1-6H3,(H,36,40);1H,(H,2,3)/t27-,30+;/m0./s1. The average Bonchev–Trinajstić information content (AvgIpc) is 3.30. The predicted octanol–water partition coefficient (Wildman–Crippen LogP) is 4.58. The number of amides is 1. The van der Waals surface area contributed by atoms with Crippen LogP contribution in [-0.2, 0) is 34.2 Å². The number of carbonyl (C=O) groups excluding carboxylic acids is 1. The summed E-state index contributed by atoms with van der Waals surface area (Å²) < 4.78 is 29.3. The number of aliphatic hydroxyl groups is 1.